The Hall–Kier alpha value is -0.650. The Morgan fingerprint density at radius 1 is 1.41 bits per heavy atom. The second-order valence-corrected chi connectivity index (χ2v) is 5.64. The molecule has 3 atom stereocenters. The molecule has 0 unspecified atom stereocenters. The normalized spacial score (nSPS) is 33.2. The molecule has 2 aliphatic heterocycles. The lowest BCUT2D eigenvalue weighted by Gasteiger charge is -2.32. The van der Waals surface area contributed by atoms with Gasteiger partial charge in [-0.2, -0.15) is 0 Å². The summed E-state index contributed by atoms with van der Waals surface area (Å²) in [5, 5.41) is 3.34. The zero-order valence-corrected chi connectivity index (χ0v) is 10.7. The van der Waals surface area contributed by atoms with E-state index in [1.807, 2.05) is 20.8 Å². The highest BCUT2D eigenvalue weighted by Crippen LogP contribution is 2.19. The lowest BCUT2D eigenvalue weighted by molar-refractivity contribution is -0.160. The van der Waals surface area contributed by atoms with E-state index in [0.29, 0.717) is 26.2 Å². The Morgan fingerprint density at radius 3 is 2.88 bits per heavy atom. The number of carbonyl (C=O) groups is 1. The first-order valence-corrected chi connectivity index (χ1v) is 6.12. The van der Waals surface area contributed by atoms with Crippen LogP contribution in [-0.4, -0.2) is 49.6 Å². The number of fused-ring (bicyclic) bond motifs is 1. The van der Waals surface area contributed by atoms with Gasteiger partial charge in [-0.15, -0.1) is 0 Å². The monoisotopic (exact) mass is 243 g/mol. The maximum absolute atomic E-state index is 11.7. The third kappa shape index (κ3) is 3.66. The van der Waals surface area contributed by atoms with Crippen LogP contribution in [0, 0.1) is 0 Å². The van der Waals surface area contributed by atoms with Crippen molar-refractivity contribution in [3.05, 3.63) is 0 Å². The van der Waals surface area contributed by atoms with Crippen LogP contribution >= 0.6 is 0 Å². The fraction of sp³-hybridized carbons (Fsp3) is 0.917. The summed E-state index contributed by atoms with van der Waals surface area (Å²) >= 11 is 0. The number of nitrogens with one attached hydrogen (secondary N) is 1. The molecule has 2 rings (SSSR count). The smallest absolute Gasteiger partial charge is 0.308 e. The van der Waals surface area contributed by atoms with Crippen LogP contribution in [0.25, 0.3) is 0 Å². The number of carbonyl (C=O) groups excluding carboxylic acids is 1. The van der Waals surface area contributed by atoms with Gasteiger partial charge < -0.3 is 19.5 Å². The second kappa shape index (κ2) is 4.92. The number of esters is 1. The van der Waals surface area contributed by atoms with Crippen LogP contribution in [0.1, 0.15) is 27.2 Å². The first kappa shape index (κ1) is 12.8. The summed E-state index contributed by atoms with van der Waals surface area (Å²) in [5.41, 5.74) is -0.432. The average molecular weight is 243 g/mol. The van der Waals surface area contributed by atoms with Crippen molar-refractivity contribution >= 4 is 5.97 Å². The predicted octanol–water partition coefficient (Wildman–Crippen LogP) is 0.474. The number of ether oxygens (including phenoxy) is 3. The molecule has 5 heteroatoms. The molecule has 5 nitrogen and oxygen atoms in total. The molecule has 0 saturated carbocycles. The minimum absolute atomic E-state index is 0.0798. The summed E-state index contributed by atoms with van der Waals surface area (Å²) in [6.07, 6.45) is 0.275. The molecule has 0 amide bonds. The summed E-state index contributed by atoms with van der Waals surface area (Å²) in [7, 11) is 0. The van der Waals surface area contributed by atoms with Gasteiger partial charge >= 0.3 is 5.97 Å². The molecule has 2 saturated heterocycles. The van der Waals surface area contributed by atoms with Crippen LogP contribution in [0.2, 0.25) is 0 Å². The highest BCUT2D eigenvalue weighted by molar-refractivity contribution is 5.70. The molecule has 2 fully saturated rings. The Morgan fingerprint density at radius 2 is 2.18 bits per heavy atom. The van der Waals surface area contributed by atoms with Gasteiger partial charge in [0.2, 0.25) is 0 Å². The largest absolute Gasteiger partial charge is 0.460 e. The quantitative estimate of drug-likeness (QED) is 0.715. The minimum atomic E-state index is -0.432. The van der Waals surface area contributed by atoms with E-state index in [1.54, 1.807) is 0 Å². The van der Waals surface area contributed by atoms with Gasteiger partial charge in [-0.3, -0.25) is 4.79 Å². The van der Waals surface area contributed by atoms with E-state index in [9.17, 15) is 4.79 Å². The van der Waals surface area contributed by atoms with Gasteiger partial charge in [0.05, 0.1) is 37.9 Å². The lowest BCUT2D eigenvalue weighted by Crippen LogP contribution is -2.52. The van der Waals surface area contributed by atoms with Gasteiger partial charge in [-0.25, -0.2) is 0 Å². The van der Waals surface area contributed by atoms with Gasteiger partial charge in [0.25, 0.3) is 0 Å². The van der Waals surface area contributed by atoms with E-state index < -0.39 is 5.60 Å². The molecule has 1 N–H and O–H groups in total. The number of hydrogen-bond donors (Lipinski definition) is 1. The Kier molecular flexibility index (Phi) is 3.70. The van der Waals surface area contributed by atoms with Crippen LogP contribution in [-0.2, 0) is 19.0 Å². The fourth-order valence-electron chi connectivity index (χ4n) is 2.13. The van der Waals surface area contributed by atoms with Crippen LogP contribution in [0.4, 0.5) is 0 Å². The van der Waals surface area contributed by atoms with Crippen LogP contribution in [0.15, 0.2) is 0 Å². The third-order valence-electron chi connectivity index (χ3n) is 2.82. The first-order chi connectivity index (χ1) is 7.94. The highest BCUT2D eigenvalue weighted by Gasteiger charge is 2.36. The predicted molar refractivity (Wildman–Crippen MR) is 61.7 cm³/mol. The number of rotatable bonds is 2. The summed E-state index contributed by atoms with van der Waals surface area (Å²) in [6.45, 7) is 7.60. The summed E-state index contributed by atoms with van der Waals surface area (Å²) in [5.74, 6) is -0.207. The zero-order chi connectivity index (χ0) is 12.5. The minimum Gasteiger partial charge on any atom is -0.460 e. The van der Waals surface area contributed by atoms with Crippen molar-refractivity contribution in [3.63, 3.8) is 0 Å². The molecule has 2 aliphatic rings. The van der Waals surface area contributed by atoms with Crippen molar-refractivity contribution in [2.24, 2.45) is 0 Å². The van der Waals surface area contributed by atoms with Crippen molar-refractivity contribution in [2.45, 2.75) is 51.0 Å². The Bertz CT molecular complexity index is 287. The van der Waals surface area contributed by atoms with E-state index in [4.69, 9.17) is 14.2 Å². The second-order valence-electron chi connectivity index (χ2n) is 5.64. The van der Waals surface area contributed by atoms with Crippen LogP contribution in [0.5, 0.6) is 0 Å². The van der Waals surface area contributed by atoms with E-state index in [0.717, 1.165) is 0 Å². The van der Waals surface area contributed by atoms with Crippen LogP contribution < -0.4 is 5.32 Å². The van der Waals surface area contributed by atoms with E-state index in [2.05, 4.69) is 5.32 Å². The first-order valence-electron chi connectivity index (χ1n) is 6.12. The summed E-state index contributed by atoms with van der Waals surface area (Å²) < 4.78 is 16.4. The molecule has 0 aromatic carbocycles. The van der Waals surface area contributed by atoms with Gasteiger partial charge in [0.15, 0.2) is 0 Å². The van der Waals surface area contributed by atoms with Gasteiger partial charge in [0, 0.05) is 6.54 Å². The van der Waals surface area contributed by atoms with E-state index in [-0.39, 0.29) is 24.2 Å². The molecule has 0 bridgehead atoms. The summed E-state index contributed by atoms with van der Waals surface area (Å²) in [6, 6.07) is 0.282. The molecular weight excluding hydrogens is 222 g/mol. The summed E-state index contributed by atoms with van der Waals surface area (Å²) in [4.78, 5) is 11.7. The molecule has 0 aromatic heterocycles. The van der Waals surface area contributed by atoms with E-state index >= 15 is 0 Å². The van der Waals surface area contributed by atoms with Crippen molar-refractivity contribution in [1.82, 2.24) is 5.32 Å². The molecule has 2 heterocycles. The van der Waals surface area contributed by atoms with Gasteiger partial charge in [-0.1, -0.05) is 0 Å². The Labute approximate surface area is 102 Å². The lowest BCUT2D eigenvalue weighted by atomic mass is 10.1. The van der Waals surface area contributed by atoms with Crippen molar-refractivity contribution in [3.8, 4) is 0 Å². The molecule has 98 valence electrons. The molecular formula is C12H21NO4. The molecule has 17 heavy (non-hydrogen) atoms. The Balaban J connectivity index is 1.78. The topological polar surface area (TPSA) is 56.8 Å². The highest BCUT2D eigenvalue weighted by atomic mass is 16.6. The fourth-order valence-corrected chi connectivity index (χ4v) is 2.13. The molecule has 0 aromatic rings. The number of hydrogen-bond acceptors (Lipinski definition) is 5. The average Bonchev–Trinajstić information content (AvgIpc) is 2.61. The van der Waals surface area contributed by atoms with Crippen molar-refractivity contribution in [2.75, 3.05) is 19.8 Å². The maximum Gasteiger partial charge on any atom is 0.308 e. The van der Waals surface area contributed by atoms with Gasteiger partial charge in [-0.05, 0) is 20.8 Å². The molecule has 0 spiro atoms. The maximum atomic E-state index is 11.7. The molecule has 0 radical (unpaired) electrons. The van der Waals surface area contributed by atoms with Gasteiger partial charge in [0.1, 0.15) is 5.60 Å². The van der Waals surface area contributed by atoms with Crippen molar-refractivity contribution in [1.29, 1.82) is 0 Å². The number of morpholine rings is 1. The standard InChI is InChI=1S/C12H21NO4/c1-12(2,3)17-11(14)4-8-5-13-9-6-15-7-10(9)16-8/h8-10,13H,4-7H2,1-3H3/t8-,9-,10-/m1/s1. The zero-order valence-electron chi connectivity index (χ0n) is 10.7. The SMILES string of the molecule is CC(C)(C)OC(=O)C[C@@H]1CN[C@@H]2COC[C@H]2O1. The molecule has 0 aliphatic carbocycles. The third-order valence-corrected chi connectivity index (χ3v) is 2.82. The van der Waals surface area contributed by atoms with Crippen molar-refractivity contribution < 1.29 is 19.0 Å². The van der Waals surface area contributed by atoms with Crippen LogP contribution in [0.3, 0.4) is 0 Å². The van der Waals surface area contributed by atoms with E-state index in [1.165, 1.54) is 0 Å².